The minimum absolute atomic E-state index is 0.699. The minimum atomic E-state index is 0.699. The Morgan fingerprint density at radius 2 is 1.86 bits per heavy atom. The number of rotatable bonds is 6. The van der Waals surface area contributed by atoms with E-state index in [9.17, 15) is 0 Å². The Balaban J connectivity index is 1.92. The molecule has 0 aliphatic carbocycles. The summed E-state index contributed by atoms with van der Waals surface area (Å²) in [5, 5.41) is 0.758. The van der Waals surface area contributed by atoms with Gasteiger partial charge in [0.25, 0.3) is 0 Å². The molecule has 22 heavy (non-hydrogen) atoms. The van der Waals surface area contributed by atoms with Gasteiger partial charge in [0.05, 0.1) is 17.6 Å². The normalized spacial score (nSPS) is 11.2. The van der Waals surface area contributed by atoms with Gasteiger partial charge in [0.15, 0.2) is 0 Å². The van der Waals surface area contributed by atoms with Gasteiger partial charge in [-0.1, -0.05) is 35.9 Å². The predicted octanol–water partition coefficient (Wildman–Crippen LogP) is 4.32. The van der Waals surface area contributed by atoms with E-state index < -0.39 is 0 Å². The van der Waals surface area contributed by atoms with Crippen LogP contribution < -0.4 is 0 Å². The van der Waals surface area contributed by atoms with Crippen LogP contribution >= 0.6 is 11.6 Å². The molecule has 0 N–H and O–H groups in total. The molecule has 0 saturated heterocycles. The van der Waals surface area contributed by atoms with E-state index in [1.807, 2.05) is 31.2 Å². The number of hydrogen-bond donors (Lipinski definition) is 0. The number of nitrogens with zero attached hydrogens (tertiary/aromatic N) is 2. The van der Waals surface area contributed by atoms with E-state index >= 15 is 0 Å². The Kier molecular flexibility index (Phi) is 4.76. The summed E-state index contributed by atoms with van der Waals surface area (Å²) in [4.78, 5) is 4.78. The van der Waals surface area contributed by atoms with Crippen LogP contribution in [0.2, 0.25) is 5.02 Å². The summed E-state index contributed by atoms with van der Waals surface area (Å²) in [6.07, 6.45) is 0.790. The third-order valence-electron chi connectivity index (χ3n) is 3.67. The Morgan fingerprint density at radius 1 is 1.09 bits per heavy atom. The number of imidazole rings is 1. The smallest absolute Gasteiger partial charge is 0.114 e. The number of aromatic nitrogens is 2. The fourth-order valence-corrected chi connectivity index (χ4v) is 2.72. The third-order valence-corrected chi connectivity index (χ3v) is 3.92. The van der Waals surface area contributed by atoms with Gasteiger partial charge in [0, 0.05) is 24.6 Å². The lowest BCUT2D eigenvalue weighted by Gasteiger charge is -2.09. The van der Waals surface area contributed by atoms with Crippen molar-refractivity contribution in [3.8, 4) is 0 Å². The maximum absolute atomic E-state index is 5.96. The molecule has 0 saturated carbocycles. The van der Waals surface area contributed by atoms with Crippen LogP contribution in [0, 0.1) is 0 Å². The van der Waals surface area contributed by atoms with Gasteiger partial charge in [0.2, 0.25) is 0 Å². The Morgan fingerprint density at radius 3 is 2.64 bits per heavy atom. The summed E-state index contributed by atoms with van der Waals surface area (Å²) in [6.45, 7) is 4.27. The van der Waals surface area contributed by atoms with Crippen LogP contribution in [0.3, 0.4) is 0 Å². The highest BCUT2D eigenvalue weighted by atomic mass is 35.5. The van der Waals surface area contributed by atoms with Crippen LogP contribution in [0.25, 0.3) is 11.0 Å². The van der Waals surface area contributed by atoms with E-state index in [0.29, 0.717) is 6.61 Å². The highest BCUT2D eigenvalue weighted by Crippen LogP contribution is 2.19. The van der Waals surface area contributed by atoms with Gasteiger partial charge >= 0.3 is 0 Å². The molecular formula is C18H19ClN2O. The van der Waals surface area contributed by atoms with Crippen molar-refractivity contribution < 1.29 is 4.74 Å². The van der Waals surface area contributed by atoms with Crippen molar-refractivity contribution in [2.24, 2.45) is 0 Å². The lowest BCUT2D eigenvalue weighted by atomic mass is 10.1. The predicted molar refractivity (Wildman–Crippen MR) is 90.5 cm³/mol. The van der Waals surface area contributed by atoms with Crippen LogP contribution in [-0.2, 0) is 17.7 Å². The van der Waals surface area contributed by atoms with Crippen molar-refractivity contribution in [1.82, 2.24) is 9.55 Å². The number of benzene rings is 2. The summed E-state index contributed by atoms with van der Waals surface area (Å²) in [7, 11) is 0. The first-order valence-electron chi connectivity index (χ1n) is 7.54. The van der Waals surface area contributed by atoms with Crippen molar-refractivity contribution >= 4 is 22.6 Å². The van der Waals surface area contributed by atoms with E-state index in [2.05, 4.69) is 28.8 Å². The molecule has 0 amide bonds. The summed E-state index contributed by atoms with van der Waals surface area (Å²) >= 11 is 5.96. The highest BCUT2D eigenvalue weighted by Gasteiger charge is 2.10. The molecule has 0 radical (unpaired) electrons. The van der Waals surface area contributed by atoms with Gasteiger partial charge in [0.1, 0.15) is 5.82 Å². The Hall–Kier alpha value is -1.84. The quantitative estimate of drug-likeness (QED) is 0.634. The van der Waals surface area contributed by atoms with Crippen LogP contribution in [0.15, 0.2) is 48.5 Å². The van der Waals surface area contributed by atoms with Gasteiger partial charge in [-0.3, -0.25) is 0 Å². The molecule has 3 rings (SSSR count). The van der Waals surface area contributed by atoms with Gasteiger partial charge < -0.3 is 9.30 Å². The van der Waals surface area contributed by atoms with Crippen molar-refractivity contribution in [3.05, 3.63) is 64.9 Å². The molecule has 0 unspecified atom stereocenters. The van der Waals surface area contributed by atoms with Gasteiger partial charge in [-0.25, -0.2) is 4.98 Å². The maximum atomic E-state index is 5.96. The molecule has 2 aromatic carbocycles. The summed E-state index contributed by atoms with van der Waals surface area (Å²) in [5.74, 6) is 1.06. The standard InChI is InChI=1S/C18H19ClN2O/c1-2-22-12-11-21-17-6-4-3-5-16(17)20-18(21)13-14-7-9-15(19)10-8-14/h3-10H,2,11-13H2,1H3. The van der Waals surface area contributed by atoms with Crippen molar-refractivity contribution in [1.29, 1.82) is 0 Å². The molecule has 0 atom stereocenters. The molecule has 0 aliphatic rings. The molecule has 4 heteroatoms. The maximum Gasteiger partial charge on any atom is 0.114 e. The average Bonchev–Trinajstić information content (AvgIpc) is 2.88. The molecule has 0 bridgehead atoms. The van der Waals surface area contributed by atoms with Gasteiger partial charge in [-0.15, -0.1) is 0 Å². The van der Waals surface area contributed by atoms with Crippen molar-refractivity contribution in [3.63, 3.8) is 0 Å². The lowest BCUT2D eigenvalue weighted by molar-refractivity contribution is 0.139. The second kappa shape index (κ2) is 6.95. The van der Waals surface area contributed by atoms with E-state index in [1.54, 1.807) is 0 Å². The molecule has 0 fully saturated rings. The summed E-state index contributed by atoms with van der Waals surface area (Å²) < 4.78 is 7.76. The molecule has 3 aromatic rings. The number of ether oxygens (including phenoxy) is 1. The molecule has 1 aromatic heterocycles. The monoisotopic (exact) mass is 314 g/mol. The first-order valence-corrected chi connectivity index (χ1v) is 7.92. The molecule has 1 heterocycles. The largest absolute Gasteiger partial charge is 0.380 e. The van der Waals surface area contributed by atoms with Crippen LogP contribution in [0.1, 0.15) is 18.3 Å². The van der Waals surface area contributed by atoms with Crippen LogP contribution in [0.5, 0.6) is 0 Å². The lowest BCUT2D eigenvalue weighted by Crippen LogP contribution is -2.10. The highest BCUT2D eigenvalue weighted by molar-refractivity contribution is 6.30. The number of para-hydroxylation sites is 2. The summed E-state index contributed by atoms with van der Waals surface area (Å²) in [5.41, 5.74) is 3.39. The third kappa shape index (κ3) is 3.32. The molecule has 114 valence electrons. The Labute approximate surface area is 135 Å². The first-order chi connectivity index (χ1) is 10.8. The zero-order chi connectivity index (χ0) is 15.4. The van der Waals surface area contributed by atoms with Gasteiger partial charge in [-0.2, -0.15) is 0 Å². The van der Waals surface area contributed by atoms with Crippen LogP contribution in [0.4, 0.5) is 0 Å². The summed E-state index contributed by atoms with van der Waals surface area (Å²) in [6, 6.07) is 16.2. The minimum Gasteiger partial charge on any atom is -0.380 e. The zero-order valence-electron chi connectivity index (χ0n) is 12.6. The fourth-order valence-electron chi connectivity index (χ4n) is 2.59. The van der Waals surface area contributed by atoms with E-state index in [-0.39, 0.29) is 0 Å². The average molecular weight is 315 g/mol. The van der Waals surface area contributed by atoms with Crippen molar-refractivity contribution in [2.75, 3.05) is 13.2 Å². The van der Waals surface area contributed by atoms with E-state index in [1.165, 1.54) is 5.56 Å². The second-order valence-corrected chi connectivity index (χ2v) is 5.60. The molecule has 0 aliphatic heterocycles. The van der Waals surface area contributed by atoms with Crippen LogP contribution in [-0.4, -0.2) is 22.8 Å². The number of hydrogen-bond acceptors (Lipinski definition) is 2. The SMILES string of the molecule is CCOCCn1c(Cc2ccc(Cl)cc2)nc2ccccc21. The number of halogens is 1. The second-order valence-electron chi connectivity index (χ2n) is 5.17. The van der Waals surface area contributed by atoms with Gasteiger partial charge in [-0.05, 0) is 36.8 Å². The van der Waals surface area contributed by atoms with E-state index in [4.69, 9.17) is 21.3 Å². The van der Waals surface area contributed by atoms with E-state index in [0.717, 1.165) is 41.5 Å². The zero-order valence-corrected chi connectivity index (χ0v) is 13.4. The number of fused-ring (bicyclic) bond motifs is 1. The first kappa shape index (κ1) is 15.1. The molecule has 3 nitrogen and oxygen atoms in total. The topological polar surface area (TPSA) is 27.1 Å². The molecule has 0 spiro atoms. The fraction of sp³-hybridized carbons (Fsp3) is 0.278. The Bertz CT molecular complexity index is 749. The molecular weight excluding hydrogens is 296 g/mol. The van der Waals surface area contributed by atoms with Crippen molar-refractivity contribution in [2.45, 2.75) is 19.9 Å².